The highest BCUT2D eigenvalue weighted by molar-refractivity contribution is 5.91. The second-order valence-corrected chi connectivity index (χ2v) is 2.49. The fourth-order valence-corrected chi connectivity index (χ4v) is 0.861. The van der Waals surface area contributed by atoms with E-state index < -0.39 is 0 Å². The van der Waals surface area contributed by atoms with Gasteiger partial charge < -0.3 is 15.2 Å². The summed E-state index contributed by atoms with van der Waals surface area (Å²) in [5.74, 6) is 0.0203. The quantitative estimate of drug-likeness (QED) is 0.631. The van der Waals surface area contributed by atoms with Crippen LogP contribution in [-0.4, -0.2) is 30.7 Å². The Bertz CT molecular complexity index is 246. The van der Waals surface area contributed by atoms with E-state index in [-0.39, 0.29) is 11.7 Å². The summed E-state index contributed by atoms with van der Waals surface area (Å²) in [6.07, 6.45) is 1.44. The van der Waals surface area contributed by atoms with Crippen LogP contribution in [0.5, 0.6) is 0 Å². The summed E-state index contributed by atoms with van der Waals surface area (Å²) < 4.78 is 4.67. The van der Waals surface area contributed by atoms with Gasteiger partial charge in [0.15, 0.2) is 0 Å². The normalized spacial score (nSPS) is 9.92. The van der Waals surface area contributed by atoms with Gasteiger partial charge in [0.25, 0.3) is 5.91 Å². The van der Waals surface area contributed by atoms with Gasteiger partial charge in [0, 0.05) is 19.2 Å². The Balaban J connectivity index is 2.19. The number of hydrogen-bond acceptors (Lipinski definition) is 4. The fourth-order valence-electron chi connectivity index (χ4n) is 0.861. The Morgan fingerprint density at radius 2 is 2.46 bits per heavy atom. The predicted octanol–water partition coefficient (Wildman–Crippen LogP) is 0.0139. The van der Waals surface area contributed by atoms with Crippen LogP contribution in [0.3, 0.4) is 0 Å². The van der Waals surface area contributed by atoms with Gasteiger partial charge in [-0.15, -0.1) is 0 Å². The number of likely N-dealkylation sites (N-methyl/N-ethyl adjacent to an activating group) is 1. The van der Waals surface area contributed by atoms with Crippen molar-refractivity contribution in [1.82, 2.24) is 15.8 Å². The molecule has 1 rings (SSSR count). The predicted molar refractivity (Wildman–Crippen MR) is 47.4 cm³/mol. The van der Waals surface area contributed by atoms with Gasteiger partial charge in [-0.2, -0.15) is 0 Å². The van der Waals surface area contributed by atoms with E-state index in [0.717, 1.165) is 13.1 Å². The van der Waals surface area contributed by atoms with Gasteiger partial charge in [-0.25, -0.2) is 0 Å². The molecule has 0 aromatic carbocycles. The molecule has 1 heterocycles. The van der Waals surface area contributed by atoms with Crippen molar-refractivity contribution in [1.29, 1.82) is 0 Å². The first-order valence-corrected chi connectivity index (χ1v) is 4.24. The molecule has 0 aliphatic heterocycles. The third kappa shape index (κ3) is 3.25. The van der Waals surface area contributed by atoms with Gasteiger partial charge >= 0.3 is 0 Å². The third-order valence-corrected chi connectivity index (χ3v) is 1.50. The van der Waals surface area contributed by atoms with E-state index >= 15 is 0 Å². The minimum atomic E-state index is -0.226. The fraction of sp³-hybridized carbons (Fsp3) is 0.500. The van der Waals surface area contributed by atoms with Crippen LogP contribution in [0.1, 0.15) is 17.5 Å². The minimum Gasteiger partial charge on any atom is -0.351 e. The van der Waals surface area contributed by atoms with E-state index in [4.69, 9.17) is 0 Å². The minimum absolute atomic E-state index is 0.226. The van der Waals surface area contributed by atoms with Crippen molar-refractivity contribution < 1.29 is 9.32 Å². The number of rotatable bonds is 5. The van der Waals surface area contributed by atoms with Crippen LogP contribution < -0.4 is 10.6 Å². The monoisotopic (exact) mass is 183 g/mol. The van der Waals surface area contributed by atoms with E-state index in [1.165, 1.54) is 12.3 Å². The standard InChI is InChI=1S/C8H13N3O2/c1-2-9-5-6-10-8(12)7-3-4-11-13-7/h3-4,9H,2,5-6H2,1H3,(H,10,12). The highest BCUT2D eigenvalue weighted by atomic mass is 16.5. The molecule has 0 aliphatic carbocycles. The van der Waals surface area contributed by atoms with E-state index in [1.54, 1.807) is 0 Å². The topological polar surface area (TPSA) is 67.2 Å². The molecule has 13 heavy (non-hydrogen) atoms. The molecular formula is C8H13N3O2. The first kappa shape index (κ1) is 9.73. The number of nitrogens with zero attached hydrogens (tertiary/aromatic N) is 1. The molecule has 0 bridgehead atoms. The lowest BCUT2D eigenvalue weighted by Gasteiger charge is -2.02. The molecule has 5 heteroatoms. The number of nitrogens with one attached hydrogen (secondary N) is 2. The number of amides is 1. The largest absolute Gasteiger partial charge is 0.351 e. The van der Waals surface area contributed by atoms with Crippen LogP contribution in [0.25, 0.3) is 0 Å². The summed E-state index contributed by atoms with van der Waals surface area (Å²) in [5, 5.41) is 9.21. The van der Waals surface area contributed by atoms with Crippen LogP contribution in [-0.2, 0) is 0 Å². The van der Waals surface area contributed by atoms with Crippen molar-refractivity contribution in [3.8, 4) is 0 Å². The van der Waals surface area contributed by atoms with E-state index in [9.17, 15) is 4.79 Å². The first-order chi connectivity index (χ1) is 6.34. The van der Waals surface area contributed by atoms with Crippen LogP contribution in [0.15, 0.2) is 16.8 Å². The Kier molecular flexibility index (Phi) is 3.98. The Hall–Kier alpha value is -1.36. The summed E-state index contributed by atoms with van der Waals surface area (Å²) in [7, 11) is 0. The van der Waals surface area contributed by atoms with Crippen molar-refractivity contribution in [3.05, 3.63) is 18.0 Å². The molecule has 0 spiro atoms. The highest BCUT2D eigenvalue weighted by Crippen LogP contribution is 1.94. The van der Waals surface area contributed by atoms with Gasteiger partial charge in [0.2, 0.25) is 5.76 Å². The van der Waals surface area contributed by atoms with E-state index in [1.807, 2.05) is 6.92 Å². The van der Waals surface area contributed by atoms with Gasteiger partial charge in [0.05, 0.1) is 6.20 Å². The zero-order valence-electron chi connectivity index (χ0n) is 7.54. The van der Waals surface area contributed by atoms with Crippen molar-refractivity contribution in [2.45, 2.75) is 6.92 Å². The average molecular weight is 183 g/mol. The van der Waals surface area contributed by atoms with Gasteiger partial charge in [-0.3, -0.25) is 4.79 Å². The Morgan fingerprint density at radius 1 is 1.62 bits per heavy atom. The molecule has 0 atom stereocenters. The van der Waals surface area contributed by atoms with Crippen molar-refractivity contribution in [2.24, 2.45) is 0 Å². The molecule has 0 unspecified atom stereocenters. The van der Waals surface area contributed by atoms with E-state index in [0.29, 0.717) is 6.54 Å². The molecule has 0 radical (unpaired) electrons. The van der Waals surface area contributed by atoms with Crippen molar-refractivity contribution in [2.75, 3.05) is 19.6 Å². The summed E-state index contributed by atoms with van der Waals surface area (Å²) in [4.78, 5) is 11.2. The Labute approximate surface area is 76.5 Å². The number of carbonyl (C=O) groups excluding carboxylic acids is 1. The molecule has 0 aliphatic rings. The second-order valence-electron chi connectivity index (χ2n) is 2.49. The maximum Gasteiger partial charge on any atom is 0.289 e. The summed E-state index contributed by atoms with van der Waals surface area (Å²) in [6, 6.07) is 1.53. The van der Waals surface area contributed by atoms with Crippen LogP contribution in [0.4, 0.5) is 0 Å². The SMILES string of the molecule is CCNCCNC(=O)c1ccno1. The molecule has 5 nitrogen and oxygen atoms in total. The smallest absolute Gasteiger partial charge is 0.289 e. The lowest BCUT2D eigenvalue weighted by molar-refractivity contribution is 0.0917. The zero-order chi connectivity index (χ0) is 9.52. The maximum atomic E-state index is 11.2. The van der Waals surface area contributed by atoms with Crippen LogP contribution >= 0.6 is 0 Å². The molecule has 0 saturated heterocycles. The van der Waals surface area contributed by atoms with Crippen molar-refractivity contribution >= 4 is 5.91 Å². The second kappa shape index (κ2) is 5.31. The summed E-state index contributed by atoms with van der Waals surface area (Å²) in [6.45, 7) is 4.26. The molecule has 1 aromatic rings. The molecule has 0 fully saturated rings. The lowest BCUT2D eigenvalue weighted by Crippen LogP contribution is -2.31. The van der Waals surface area contributed by atoms with Gasteiger partial charge in [-0.05, 0) is 6.54 Å². The molecule has 2 N–H and O–H groups in total. The molecular weight excluding hydrogens is 170 g/mol. The zero-order valence-corrected chi connectivity index (χ0v) is 7.54. The first-order valence-electron chi connectivity index (χ1n) is 4.24. The molecule has 72 valence electrons. The average Bonchev–Trinajstić information content (AvgIpc) is 2.65. The Morgan fingerprint density at radius 3 is 3.08 bits per heavy atom. The van der Waals surface area contributed by atoms with Gasteiger partial charge in [-0.1, -0.05) is 12.1 Å². The lowest BCUT2D eigenvalue weighted by atomic mass is 10.4. The molecule has 0 saturated carbocycles. The number of hydrogen-bond donors (Lipinski definition) is 2. The van der Waals surface area contributed by atoms with Crippen molar-refractivity contribution in [3.63, 3.8) is 0 Å². The summed E-state index contributed by atoms with van der Waals surface area (Å²) >= 11 is 0. The number of carbonyl (C=O) groups is 1. The maximum absolute atomic E-state index is 11.2. The molecule has 1 aromatic heterocycles. The number of aromatic nitrogens is 1. The van der Waals surface area contributed by atoms with E-state index in [2.05, 4.69) is 20.3 Å². The highest BCUT2D eigenvalue weighted by Gasteiger charge is 2.07. The summed E-state index contributed by atoms with van der Waals surface area (Å²) in [5.41, 5.74) is 0. The van der Waals surface area contributed by atoms with Crippen LogP contribution in [0.2, 0.25) is 0 Å². The molecule has 1 amide bonds. The third-order valence-electron chi connectivity index (χ3n) is 1.50. The van der Waals surface area contributed by atoms with Crippen LogP contribution in [0, 0.1) is 0 Å². The van der Waals surface area contributed by atoms with Gasteiger partial charge in [0.1, 0.15) is 0 Å².